The van der Waals surface area contributed by atoms with E-state index in [2.05, 4.69) is 35.5 Å². The van der Waals surface area contributed by atoms with Gasteiger partial charge in [0.1, 0.15) is 22.8 Å². The summed E-state index contributed by atoms with van der Waals surface area (Å²) < 4.78 is 14.0. The quantitative estimate of drug-likeness (QED) is 0.214. The molecule has 0 unspecified atom stereocenters. The highest BCUT2D eigenvalue weighted by Crippen LogP contribution is 2.33. The number of H-pyrrole nitrogens is 2. The Balaban J connectivity index is 1.38. The molecule has 6 aromatic rings. The van der Waals surface area contributed by atoms with Crippen LogP contribution in [0.1, 0.15) is 26.2 Å². The number of fused-ring (bicyclic) bond motifs is 2. The minimum atomic E-state index is -0.554. The molecule has 11 heteroatoms. The summed E-state index contributed by atoms with van der Waals surface area (Å²) >= 11 is 0. The predicted molar refractivity (Wildman–Crippen MR) is 145 cm³/mol. The third-order valence-electron chi connectivity index (χ3n) is 6.33. The fourth-order valence-electron chi connectivity index (χ4n) is 4.45. The summed E-state index contributed by atoms with van der Waals surface area (Å²) in [7, 11) is 0. The van der Waals surface area contributed by atoms with E-state index < -0.39 is 5.82 Å². The van der Waals surface area contributed by atoms with Gasteiger partial charge < -0.3 is 15.4 Å². The molecular formula is C28H23FN8O2. The van der Waals surface area contributed by atoms with Gasteiger partial charge in [0.15, 0.2) is 17.1 Å². The van der Waals surface area contributed by atoms with Crippen molar-refractivity contribution in [2.24, 2.45) is 0 Å². The Kier molecular flexibility index (Phi) is 6.16. The second kappa shape index (κ2) is 9.93. The number of phenolic OH excluding ortho intramolecular Hbond substituents is 1. The maximum atomic E-state index is 14.0. The van der Waals surface area contributed by atoms with Gasteiger partial charge in [0, 0.05) is 47.8 Å². The third-order valence-corrected chi connectivity index (χ3v) is 6.33. The smallest absolute Gasteiger partial charge is 0.224 e. The van der Waals surface area contributed by atoms with Crippen LogP contribution in [0, 0.1) is 5.82 Å². The number of nitrogens with one attached hydrogen (secondary N) is 3. The minimum absolute atomic E-state index is 0.0483. The lowest BCUT2D eigenvalue weighted by Crippen LogP contribution is -2.11. The first-order valence-corrected chi connectivity index (χ1v) is 12.4. The number of carbonyl (C=O) groups excluding carboxylic acids is 1. The van der Waals surface area contributed by atoms with Crippen LogP contribution in [0.25, 0.3) is 56.0 Å². The van der Waals surface area contributed by atoms with Gasteiger partial charge in [-0.25, -0.2) is 19.3 Å². The van der Waals surface area contributed by atoms with E-state index in [1.807, 2.05) is 19.1 Å². The topological polar surface area (TPSA) is 145 Å². The molecule has 1 amide bonds. The Morgan fingerprint density at radius 3 is 2.74 bits per heavy atom. The molecule has 0 aliphatic carbocycles. The van der Waals surface area contributed by atoms with Gasteiger partial charge in [-0.3, -0.25) is 14.9 Å². The van der Waals surface area contributed by atoms with Gasteiger partial charge in [-0.15, -0.1) is 0 Å². The van der Waals surface area contributed by atoms with Crippen LogP contribution in [0.5, 0.6) is 5.75 Å². The molecule has 0 radical (unpaired) electrons. The van der Waals surface area contributed by atoms with Gasteiger partial charge in [-0.2, -0.15) is 5.10 Å². The molecule has 0 aliphatic heterocycles. The number of rotatable bonds is 7. The summed E-state index contributed by atoms with van der Waals surface area (Å²) in [4.78, 5) is 33.2. The summed E-state index contributed by atoms with van der Waals surface area (Å²) in [5, 5.41) is 20.9. The first-order chi connectivity index (χ1) is 19.0. The highest BCUT2D eigenvalue weighted by atomic mass is 19.1. The van der Waals surface area contributed by atoms with Crippen molar-refractivity contribution in [1.29, 1.82) is 0 Å². The molecule has 0 aliphatic rings. The lowest BCUT2D eigenvalue weighted by atomic mass is 10.1. The van der Waals surface area contributed by atoms with Crippen LogP contribution in [0.4, 0.5) is 10.1 Å². The lowest BCUT2D eigenvalue weighted by molar-refractivity contribution is -0.116. The van der Waals surface area contributed by atoms with Gasteiger partial charge in [0.25, 0.3) is 0 Å². The molecule has 0 atom stereocenters. The van der Waals surface area contributed by atoms with Crippen LogP contribution in [0.15, 0.2) is 61.2 Å². The number of hydrogen-bond donors (Lipinski definition) is 4. The number of aromatic hydroxyl groups is 1. The van der Waals surface area contributed by atoms with E-state index in [-0.39, 0.29) is 11.7 Å². The van der Waals surface area contributed by atoms with Crippen molar-refractivity contribution in [2.45, 2.75) is 26.2 Å². The lowest BCUT2D eigenvalue weighted by Gasteiger charge is -2.07. The molecule has 6 rings (SSSR count). The molecule has 0 spiro atoms. The predicted octanol–water partition coefficient (Wildman–Crippen LogP) is 5.60. The van der Waals surface area contributed by atoms with Gasteiger partial charge >= 0.3 is 0 Å². The summed E-state index contributed by atoms with van der Waals surface area (Å²) in [5.74, 6) is -0.331. The van der Waals surface area contributed by atoms with Crippen LogP contribution in [0.2, 0.25) is 0 Å². The number of benzene rings is 1. The van der Waals surface area contributed by atoms with Crippen molar-refractivity contribution in [2.75, 3.05) is 5.32 Å². The largest absolute Gasteiger partial charge is 0.508 e. The van der Waals surface area contributed by atoms with Crippen LogP contribution < -0.4 is 5.32 Å². The number of phenols is 1. The Bertz CT molecular complexity index is 1820. The Morgan fingerprint density at radius 1 is 1.03 bits per heavy atom. The number of anilines is 1. The molecule has 39 heavy (non-hydrogen) atoms. The first-order valence-electron chi connectivity index (χ1n) is 12.4. The van der Waals surface area contributed by atoms with E-state index >= 15 is 0 Å². The summed E-state index contributed by atoms with van der Waals surface area (Å²) in [5.41, 5.74) is 5.35. The zero-order chi connectivity index (χ0) is 26.9. The molecule has 10 nitrogen and oxygen atoms in total. The van der Waals surface area contributed by atoms with Crippen LogP contribution in [-0.4, -0.2) is 46.1 Å². The van der Waals surface area contributed by atoms with Gasteiger partial charge in [0.05, 0.1) is 17.3 Å². The van der Waals surface area contributed by atoms with Crippen molar-refractivity contribution >= 4 is 33.8 Å². The van der Waals surface area contributed by atoms with E-state index in [4.69, 9.17) is 4.98 Å². The van der Waals surface area contributed by atoms with Gasteiger partial charge in [0.2, 0.25) is 5.91 Å². The maximum Gasteiger partial charge on any atom is 0.224 e. The fraction of sp³-hybridized carbons (Fsp3) is 0.143. The normalized spacial score (nSPS) is 11.3. The fourth-order valence-corrected chi connectivity index (χ4v) is 4.45. The zero-order valence-corrected chi connectivity index (χ0v) is 20.9. The Hall–Kier alpha value is -5.19. The molecule has 0 bridgehead atoms. The van der Waals surface area contributed by atoms with Gasteiger partial charge in [-0.05, 0) is 42.3 Å². The van der Waals surface area contributed by atoms with E-state index in [0.29, 0.717) is 57.0 Å². The number of aromatic amines is 2. The molecule has 0 fully saturated rings. The number of aromatic nitrogens is 7. The SMILES string of the molecule is CCCCC(=O)Nc1cncc(-c2cnc3[nH]nc(-c4nc5c(-c6cc(O)cc(F)c6)ccnc5[nH]4)c3c2)c1. The molecule has 5 aromatic heterocycles. The van der Waals surface area contributed by atoms with E-state index in [1.54, 1.807) is 30.9 Å². The van der Waals surface area contributed by atoms with Crippen molar-refractivity contribution in [3.05, 3.63) is 67.0 Å². The second-order valence-electron chi connectivity index (χ2n) is 9.15. The number of carbonyl (C=O) groups is 1. The monoisotopic (exact) mass is 522 g/mol. The van der Waals surface area contributed by atoms with Crippen LogP contribution >= 0.6 is 0 Å². The summed E-state index contributed by atoms with van der Waals surface area (Å²) in [6.07, 6.45) is 8.84. The van der Waals surface area contributed by atoms with Crippen LogP contribution in [-0.2, 0) is 4.79 Å². The Labute approximate surface area is 221 Å². The number of amides is 1. The summed E-state index contributed by atoms with van der Waals surface area (Å²) in [6.45, 7) is 2.04. The highest BCUT2D eigenvalue weighted by molar-refractivity contribution is 5.96. The van der Waals surface area contributed by atoms with E-state index in [9.17, 15) is 14.3 Å². The number of halogens is 1. The third kappa shape index (κ3) is 4.77. The molecule has 1 aromatic carbocycles. The van der Waals surface area contributed by atoms with Crippen molar-refractivity contribution in [1.82, 2.24) is 35.1 Å². The van der Waals surface area contributed by atoms with E-state index in [1.165, 1.54) is 12.1 Å². The Morgan fingerprint density at radius 2 is 1.90 bits per heavy atom. The number of hydrogen-bond acceptors (Lipinski definition) is 7. The number of unbranched alkanes of at least 4 members (excludes halogenated alkanes) is 1. The average Bonchev–Trinajstić information content (AvgIpc) is 3.55. The average molecular weight is 523 g/mol. The highest BCUT2D eigenvalue weighted by Gasteiger charge is 2.18. The molecule has 4 N–H and O–H groups in total. The summed E-state index contributed by atoms with van der Waals surface area (Å²) in [6, 6.07) is 9.34. The standard InChI is InChI=1S/C28H23FN8O2/c1-2-3-4-23(39)33-19-8-16(12-30-14-19)17-10-22-25(36-37-26(22)32-13-17)28-34-24-21(5-6-31-27(24)35-28)15-7-18(29)11-20(38)9-15/h5-14,38H,2-4H2,1H3,(H,33,39)(H,31,34,35)(H,32,36,37). The number of pyridine rings is 3. The van der Waals surface area contributed by atoms with Crippen molar-refractivity contribution < 1.29 is 14.3 Å². The molecule has 194 valence electrons. The van der Waals surface area contributed by atoms with E-state index in [0.717, 1.165) is 30.0 Å². The van der Waals surface area contributed by atoms with Gasteiger partial charge in [-0.1, -0.05) is 13.3 Å². The minimum Gasteiger partial charge on any atom is -0.508 e. The molecule has 0 saturated carbocycles. The maximum absolute atomic E-state index is 14.0. The molecule has 0 saturated heterocycles. The molecule has 5 heterocycles. The first kappa shape index (κ1) is 24.2. The van der Waals surface area contributed by atoms with Crippen molar-refractivity contribution in [3.63, 3.8) is 0 Å². The second-order valence-corrected chi connectivity index (χ2v) is 9.15. The van der Waals surface area contributed by atoms with Crippen LogP contribution in [0.3, 0.4) is 0 Å². The number of imidazole rings is 1. The zero-order valence-electron chi connectivity index (χ0n) is 20.9. The van der Waals surface area contributed by atoms with Crippen molar-refractivity contribution in [3.8, 4) is 39.5 Å². The molecular weight excluding hydrogens is 499 g/mol. The number of nitrogens with zero attached hydrogens (tertiary/aromatic N) is 5.